The Kier molecular flexibility index (Phi) is 7.19. The van der Waals surface area contributed by atoms with Crippen molar-refractivity contribution in [2.75, 3.05) is 4.90 Å². The van der Waals surface area contributed by atoms with Crippen LogP contribution in [0, 0.1) is 13.8 Å². The lowest BCUT2D eigenvalue weighted by atomic mass is 10.0. The zero-order valence-corrected chi connectivity index (χ0v) is 23.7. The number of ether oxygens (including phenoxy) is 1. The van der Waals surface area contributed by atoms with Gasteiger partial charge in [-0.3, -0.25) is 14.9 Å². The molecule has 1 saturated heterocycles. The molecule has 6 nitrogen and oxygen atoms in total. The molecule has 4 aromatic rings. The summed E-state index contributed by atoms with van der Waals surface area (Å²) < 4.78 is 7.66. The molecule has 1 fully saturated rings. The average molecular weight is 634 g/mol. The predicted octanol–water partition coefficient (Wildman–Crippen LogP) is 7.23. The molecule has 1 heterocycles. The van der Waals surface area contributed by atoms with Crippen molar-refractivity contribution in [2.24, 2.45) is 0 Å². The fourth-order valence-electron chi connectivity index (χ4n) is 4.34. The summed E-state index contributed by atoms with van der Waals surface area (Å²) in [6.07, 6.45) is 1.46. The number of carbonyl (C=O) groups excluding carboxylic acids is 3. The molecule has 4 aromatic carbocycles. The number of nitrogens with zero attached hydrogens (tertiary/aromatic N) is 1. The molecule has 0 radical (unpaired) electrons. The maximum absolute atomic E-state index is 13.2. The van der Waals surface area contributed by atoms with Gasteiger partial charge in [0.25, 0.3) is 11.8 Å². The number of nitrogens with one attached hydrogen (secondary N) is 1. The fourth-order valence-corrected chi connectivity index (χ4v) is 5.09. The summed E-state index contributed by atoms with van der Waals surface area (Å²) in [7, 11) is 0. The predicted molar refractivity (Wildman–Crippen MR) is 155 cm³/mol. The summed E-state index contributed by atoms with van der Waals surface area (Å²) in [4.78, 5) is 39.3. The van der Waals surface area contributed by atoms with Gasteiger partial charge >= 0.3 is 6.03 Å². The third-order valence-electron chi connectivity index (χ3n) is 6.42. The van der Waals surface area contributed by atoms with Crippen LogP contribution in [0.5, 0.6) is 5.75 Å². The van der Waals surface area contributed by atoms with Gasteiger partial charge in [-0.05, 0) is 93.6 Å². The first kappa shape index (κ1) is 25.9. The van der Waals surface area contributed by atoms with E-state index in [9.17, 15) is 14.4 Å². The Morgan fingerprint density at radius 1 is 0.868 bits per heavy atom. The minimum atomic E-state index is -0.785. The van der Waals surface area contributed by atoms with Crippen molar-refractivity contribution in [1.29, 1.82) is 0 Å². The van der Waals surface area contributed by atoms with Gasteiger partial charge in [0, 0.05) is 10.0 Å². The van der Waals surface area contributed by atoms with Gasteiger partial charge < -0.3 is 4.74 Å². The first-order valence-corrected chi connectivity index (χ1v) is 13.4. The molecule has 4 amide bonds. The third kappa shape index (κ3) is 5.01. The molecule has 0 bridgehead atoms. The van der Waals surface area contributed by atoms with Gasteiger partial charge in [0.15, 0.2) is 0 Å². The number of hydrogen-bond donors (Lipinski definition) is 1. The molecule has 1 aliphatic heterocycles. The molecule has 0 atom stereocenters. The second-order valence-electron chi connectivity index (χ2n) is 8.95. The van der Waals surface area contributed by atoms with Crippen LogP contribution in [0.1, 0.15) is 22.3 Å². The van der Waals surface area contributed by atoms with Crippen LogP contribution < -0.4 is 15.0 Å². The molecule has 0 spiro atoms. The Bertz CT molecular complexity index is 1660. The summed E-state index contributed by atoms with van der Waals surface area (Å²) in [5.74, 6) is -0.808. The maximum atomic E-state index is 13.2. The standard InChI is InChI=1S/C30H22Br2N2O4/c1-17-7-9-20-5-3-4-6-22(20)24(17)16-38-27-12-8-19(15-26(27)32)14-23-28(35)33-30(37)34(29(23)36)21-10-11-25(31)18(2)13-21/h3-15H,16H2,1-2H3,(H,33,35,37)/b23-14-. The number of hydrogen-bond acceptors (Lipinski definition) is 4. The van der Waals surface area contributed by atoms with Crippen molar-refractivity contribution in [3.63, 3.8) is 0 Å². The molecular formula is C30H22Br2N2O4. The van der Waals surface area contributed by atoms with Crippen molar-refractivity contribution in [2.45, 2.75) is 20.5 Å². The normalized spacial score (nSPS) is 14.8. The van der Waals surface area contributed by atoms with Crippen molar-refractivity contribution in [3.8, 4) is 5.75 Å². The van der Waals surface area contributed by atoms with E-state index in [1.54, 1.807) is 36.4 Å². The molecule has 38 heavy (non-hydrogen) atoms. The van der Waals surface area contributed by atoms with Gasteiger partial charge in [0.2, 0.25) is 0 Å². The Morgan fingerprint density at radius 3 is 2.42 bits per heavy atom. The van der Waals surface area contributed by atoms with E-state index in [0.717, 1.165) is 36.8 Å². The number of rotatable bonds is 5. The van der Waals surface area contributed by atoms with E-state index in [2.05, 4.69) is 68.4 Å². The molecule has 190 valence electrons. The number of anilines is 1. The SMILES string of the molecule is Cc1cc(N2C(=O)NC(=O)/C(=C/c3ccc(OCc4c(C)ccc5ccccc45)c(Br)c3)C2=O)ccc1Br. The molecule has 0 aliphatic carbocycles. The molecular weight excluding hydrogens is 612 g/mol. The van der Waals surface area contributed by atoms with Gasteiger partial charge in [-0.2, -0.15) is 0 Å². The number of amides is 4. The van der Waals surface area contributed by atoms with Gasteiger partial charge in [0.05, 0.1) is 10.2 Å². The van der Waals surface area contributed by atoms with E-state index in [0.29, 0.717) is 28.1 Å². The highest BCUT2D eigenvalue weighted by molar-refractivity contribution is 9.10. The number of barbiturate groups is 1. The first-order valence-electron chi connectivity index (χ1n) is 11.8. The second-order valence-corrected chi connectivity index (χ2v) is 10.7. The molecule has 5 rings (SSSR count). The van der Waals surface area contributed by atoms with Crippen LogP contribution in [-0.2, 0) is 16.2 Å². The Labute approximate surface area is 236 Å². The van der Waals surface area contributed by atoms with Crippen LogP contribution in [0.4, 0.5) is 10.5 Å². The van der Waals surface area contributed by atoms with E-state index >= 15 is 0 Å². The van der Waals surface area contributed by atoms with Crippen LogP contribution in [0.3, 0.4) is 0 Å². The summed E-state index contributed by atoms with van der Waals surface area (Å²) in [5, 5.41) is 4.55. The third-order valence-corrected chi connectivity index (χ3v) is 7.92. The molecule has 0 unspecified atom stereocenters. The highest BCUT2D eigenvalue weighted by atomic mass is 79.9. The Balaban J connectivity index is 1.39. The summed E-state index contributed by atoms with van der Waals surface area (Å²) in [6.45, 7) is 4.30. The summed E-state index contributed by atoms with van der Waals surface area (Å²) in [5.41, 5.74) is 3.94. The van der Waals surface area contributed by atoms with Crippen molar-refractivity contribution >= 4 is 72.2 Å². The lowest BCUT2D eigenvalue weighted by Crippen LogP contribution is -2.54. The van der Waals surface area contributed by atoms with Crippen LogP contribution in [0.2, 0.25) is 0 Å². The number of urea groups is 1. The quantitative estimate of drug-likeness (QED) is 0.186. The highest BCUT2D eigenvalue weighted by Gasteiger charge is 2.37. The average Bonchev–Trinajstić information content (AvgIpc) is 2.89. The first-order chi connectivity index (χ1) is 18.2. The fraction of sp³-hybridized carbons (Fsp3) is 0.100. The maximum Gasteiger partial charge on any atom is 0.335 e. The number of aryl methyl sites for hydroxylation is 2. The van der Waals surface area contributed by atoms with Crippen molar-refractivity contribution in [1.82, 2.24) is 5.32 Å². The number of fused-ring (bicyclic) bond motifs is 1. The lowest BCUT2D eigenvalue weighted by Gasteiger charge is -2.26. The van der Waals surface area contributed by atoms with Crippen molar-refractivity contribution < 1.29 is 19.1 Å². The lowest BCUT2D eigenvalue weighted by molar-refractivity contribution is -0.122. The zero-order valence-electron chi connectivity index (χ0n) is 20.5. The second kappa shape index (κ2) is 10.6. The smallest absolute Gasteiger partial charge is 0.335 e. The van der Waals surface area contributed by atoms with E-state index in [1.807, 2.05) is 19.1 Å². The largest absolute Gasteiger partial charge is 0.488 e. The van der Waals surface area contributed by atoms with E-state index in [4.69, 9.17) is 4.74 Å². The van der Waals surface area contributed by atoms with Crippen LogP contribution in [0.15, 0.2) is 87.3 Å². The highest BCUT2D eigenvalue weighted by Crippen LogP contribution is 2.31. The number of carbonyl (C=O) groups is 3. The minimum Gasteiger partial charge on any atom is -0.488 e. The Morgan fingerprint density at radius 2 is 1.66 bits per heavy atom. The van der Waals surface area contributed by atoms with Crippen molar-refractivity contribution in [3.05, 3.63) is 110 Å². The van der Waals surface area contributed by atoms with Gasteiger partial charge in [-0.1, -0.05) is 58.4 Å². The summed E-state index contributed by atoms with van der Waals surface area (Å²) >= 11 is 6.96. The van der Waals surface area contributed by atoms with Crippen LogP contribution in [-0.4, -0.2) is 17.8 Å². The monoisotopic (exact) mass is 632 g/mol. The molecule has 0 saturated carbocycles. The molecule has 1 N–H and O–H groups in total. The summed E-state index contributed by atoms with van der Waals surface area (Å²) in [6, 6.07) is 22.0. The van der Waals surface area contributed by atoms with Gasteiger partial charge in [0.1, 0.15) is 17.9 Å². The van der Waals surface area contributed by atoms with E-state index < -0.39 is 17.8 Å². The van der Waals surface area contributed by atoms with Gasteiger partial charge in [-0.15, -0.1) is 0 Å². The van der Waals surface area contributed by atoms with Crippen LogP contribution >= 0.6 is 31.9 Å². The van der Waals surface area contributed by atoms with Gasteiger partial charge in [-0.25, -0.2) is 9.69 Å². The number of imide groups is 2. The Hall–Kier alpha value is -3.75. The van der Waals surface area contributed by atoms with E-state index in [1.165, 1.54) is 6.08 Å². The zero-order chi connectivity index (χ0) is 27.0. The minimum absolute atomic E-state index is 0.142. The molecule has 1 aliphatic rings. The topological polar surface area (TPSA) is 75.7 Å². The van der Waals surface area contributed by atoms with E-state index in [-0.39, 0.29) is 5.57 Å². The number of halogens is 2. The van der Waals surface area contributed by atoms with Crippen LogP contribution in [0.25, 0.3) is 16.8 Å². The molecule has 0 aromatic heterocycles. The molecule has 8 heteroatoms. The number of benzene rings is 4.